The van der Waals surface area contributed by atoms with Gasteiger partial charge in [-0.1, -0.05) is 60.7 Å². The molecule has 1 aliphatic rings. The van der Waals surface area contributed by atoms with Gasteiger partial charge < -0.3 is 5.32 Å². The van der Waals surface area contributed by atoms with Crippen LogP contribution in [0.15, 0.2) is 120 Å². The number of carbonyl (C=O) groups excluding carboxylic acids is 1. The van der Waals surface area contributed by atoms with Crippen LogP contribution in [0, 0.1) is 10.1 Å². The summed E-state index contributed by atoms with van der Waals surface area (Å²) in [6.45, 7) is 1.89. The van der Waals surface area contributed by atoms with Crippen LogP contribution >= 0.6 is 12.2 Å². The van der Waals surface area contributed by atoms with Crippen LogP contribution in [-0.2, 0) is 14.8 Å². The van der Waals surface area contributed by atoms with Gasteiger partial charge in [0.2, 0.25) is 15.9 Å². The van der Waals surface area contributed by atoms with E-state index >= 15 is 0 Å². The van der Waals surface area contributed by atoms with Gasteiger partial charge in [-0.05, 0) is 71.4 Å². The number of nitro benzene ring substituents is 1. The van der Waals surface area contributed by atoms with Gasteiger partial charge in [0, 0.05) is 50.1 Å². The van der Waals surface area contributed by atoms with Crippen LogP contribution in [0.25, 0.3) is 6.08 Å². The Morgan fingerprint density at radius 3 is 1.91 bits per heavy atom. The number of hydrogen-bond donors (Lipinski definition) is 2. The first kappa shape index (κ1) is 31.7. The summed E-state index contributed by atoms with van der Waals surface area (Å²) in [5.74, 6) is -0.494. The quantitative estimate of drug-likeness (QED) is 0.110. The molecule has 4 aromatic rings. The molecular weight excluding hydrogens is 611 g/mol. The van der Waals surface area contributed by atoms with Crippen molar-refractivity contribution in [1.82, 2.24) is 14.5 Å². The van der Waals surface area contributed by atoms with Crippen molar-refractivity contribution >= 4 is 50.7 Å². The third-order valence-corrected chi connectivity index (χ3v) is 9.50. The number of benzene rings is 4. The molecule has 45 heavy (non-hydrogen) atoms. The van der Waals surface area contributed by atoms with Crippen LogP contribution in [0.1, 0.15) is 22.7 Å². The largest absolute Gasteiger partial charge is 0.332 e. The Morgan fingerprint density at radius 2 is 1.38 bits per heavy atom. The van der Waals surface area contributed by atoms with Gasteiger partial charge in [0.05, 0.1) is 15.9 Å². The van der Waals surface area contributed by atoms with Crippen molar-refractivity contribution in [2.75, 3.05) is 31.5 Å². The summed E-state index contributed by atoms with van der Waals surface area (Å²) < 4.78 is 28.5. The maximum Gasteiger partial charge on any atom is 0.269 e. The minimum atomic E-state index is -3.72. The number of nitro groups is 1. The van der Waals surface area contributed by atoms with Crippen LogP contribution in [0.2, 0.25) is 0 Å². The number of nitrogens with zero attached hydrogens (tertiary/aromatic N) is 3. The van der Waals surface area contributed by atoms with Crippen LogP contribution in [0.5, 0.6) is 0 Å². The Hall–Kier alpha value is -4.75. The zero-order chi connectivity index (χ0) is 31.8. The number of piperazine rings is 1. The molecule has 1 amide bonds. The molecule has 0 aromatic heterocycles. The number of hydrogen-bond acceptors (Lipinski definition) is 7. The van der Waals surface area contributed by atoms with E-state index in [9.17, 15) is 23.3 Å². The highest BCUT2D eigenvalue weighted by Crippen LogP contribution is 2.30. The molecule has 0 atom stereocenters. The Morgan fingerprint density at radius 1 is 0.822 bits per heavy atom. The fourth-order valence-corrected chi connectivity index (χ4v) is 6.78. The summed E-state index contributed by atoms with van der Waals surface area (Å²) in [5.41, 5.74) is 3.41. The van der Waals surface area contributed by atoms with Crippen molar-refractivity contribution in [2.45, 2.75) is 10.9 Å². The molecular formula is C33H31N5O5S2. The summed E-state index contributed by atoms with van der Waals surface area (Å²) >= 11 is 5.22. The first-order chi connectivity index (χ1) is 21.7. The molecule has 12 heteroatoms. The Kier molecular flexibility index (Phi) is 10.1. The lowest BCUT2D eigenvalue weighted by Crippen LogP contribution is -2.49. The number of non-ortho nitro benzene ring substituents is 1. The van der Waals surface area contributed by atoms with E-state index in [1.165, 1.54) is 52.9 Å². The van der Waals surface area contributed by atoms with E-state index in [0.717, 1.165) is 11.1 Å². The first-order valence-electron chi connectivity index (χ1n) is 14.2. The van der Waals surface area contributed by atoms with E-state index in [4.69, 9.17) is 12.2 Å². The van der Waals surface area contributed by atoms with E-state index in [0.29, 0.717) is 37.4 Å². The predicted molar refractivity (Wildman–Crippen MR) is 178 cm³/mol. The number of rotatable bonds is 9. The minimum absolute atomic E-state index is 0.0322. The van der Waals surface area contributed by atoms with E-state index < -0.39 is 20.9 Å². The number of amides is 1. The Bertz CT molecular complexity index is 1740. The van der Waals surface area contributed by atoms with E-state index in [2.05, 4.69) is 39.8 Å². The number of anilines is 1. The predicted octanol–water partition coefficient (Wildman–Crippen LogP) is 5.22. The molecule has 0 aliphatic carbocycles. The van der Waals surface area contributed by atoms with E-state index in [1.807, 2.05) is 36.4 Å². The lowest BCUT2D eigenvalue weighted by atomic mass is 9.96. The second kappa shape index (κ2) is 14.4. The van der Waals surface area contributed by atoms with Crippen LogP contribution in [0.4, 0.5) is 11.4 Å². The number of nitrogens with one attached hydrogen (secondary N) is 2. The summed E-state index contributed by atoms with van der Waals surface area (Å²) in [4.78, 5) is 25.0. The summed E-state index contributed by atoms with van der Waals surface area (Å²) in [6.07, 6.45) is 2.76. The van der Waals surface area contributed by atoms with Gasteiger partial charge in [-0.15, -0.1) is 0 Å². The molecule has 1 saturated heterocycles. The van der Waals surface area contributed by atoms with E-state index in [-0.39, 0.29) is 21.7 Å². The van der Waals surface area contributed by atoms with Crippen molar-refractivity contribution in [3.63, 3.8) is 0 Å². The summed E-state index contributed by atoms with van der Waals surface area (Å²) in [7, 11) is -3.72. The standard InChI is InChI=1S/C33H31N5O5S2/c39-31(20-13-25-11-16-29(17-12-25)38(40)41)35-33(44)34-28-14-18-30(19-15-28)45(42,43)37-23-21-36(22-24-37)32(26-7-3-1-4-8-26)27-9-5-2-6-10-27/h1-20,32H,21-24H2,(H2,34,35,39,44)/b20-13+. The molecule has 4 aromatic carbocycles. The molecule has 10 nitrogen and oxygen atoms in total. The van der Waals surface area contributed by atoms with Gasteiger partial charge in [-0.2, -0.15) is 4.31 Å². The molecule has 230 valence electrons. The second-order valence-corrected chi connectivity index (χ2v) is 12.7. The lowest BCUT2D eigenvalue weighted by Gasteiger charge is -2.39. The highest BCUT2D eigenvalue weighted by atomic mass is 32.2. The fourth-order valence-electron chi connectivity index (χ4n) is 5.14. The van der Waals surface area contributed by atoms with Gasteiger partial charge in [0.15, 0.2) is 5.11 Å². The lowest BCUT2D eigenvalue weighted by molar-refractivity contribution is -0.384. The molecule has 5 rings (SSSR count). The minimum Gasteiger partial charge on any atom is -0.332 e. The van der Waals surface area contributed by atoms with Gasteiger partial charge in [-0.3, -0.25) is 25.1 Å². The smallest absolute Gasteiger partial charge is 0.269 e. The topological polar surface area (TPSA) is 125 Å². The normalized spacial score (nSPS) is 14.3. The summed E-state index contributed by atoms with van der Waals surface area (Å²) in [5, 5.41) is 16.2. The maximum absolute atomic E-state index is 13.5. The zero-order valence-electron chi connectivity index (χ0n) is 24.2. The fraction of sp³-hybridized carbons (Fsp3) is 0.152. The number of thiocarbonyl (C=S) groups is 1. The molecule has 0 saturated carbocycles. The third kappa shape index (κ3) is 8.05. The molecule has 1 heterocycles. The SMILES string of the molecule is O=C(/C=C/c1ccc([N+](=O)[O-])cc1)NC(=S)Nc1ccc(S(=O)(=O)N2CCN(C(c3ccccc3)c3ccccc3)CC2)cc1. The molecule has 2 N–H and O–H groups in total. The van der Waals surface area contributed by atoms with Crippen LogP contribution < -0.4 is 10.6 Å². The Labute approximate surface area is 267 Å². The van der Waals surface area contributed by atoms with Gasteiger partial charge in [0.1, 0.15) is 0 Å². The monoisotopic (exact) mass is 641 g/mol. The number of carbonyl (C=O) groups is 1. The molecule has 0 bridgehead atoms. The van der Waals surface area contributed by atoms with Gasteiger partial charge >= 0.3 is 0 Å². The molecule has 0 unspecified atom stereocenters. The average molecular weight is 642 g/mol. The second-order valence-electron chi connectivity index (χ2n) is 10.3. The van der Waals surface area contributed by atoms with Crippen molar-refractivity contribution in [3.8, 4) is 0 Å². The van der Waals surface area contributed by atoms with Crippen molar-refractivity contribution in [1.29, 1.82) is 0 Å². The van der Waals surface area contributed by atoms with Crippen LogP contribution in [0.3, 0.4) is 0 Å². The molecule has 0 radical (unpaired) electrons. The molecule has 1 aliphatic heterocycles. The van der Waals surface area contributed by atoms with Crippen molar-refractivity contribution < 1.29 is 18.1 Å². The van der Waals surface area contributed by atoms with Crippen molar-refractivity contribution in [2.24, 2.45) is 0 Å². The van der Waals surface area contributed by atoms with E-state index in [1.54, 1.807) is 12.1 Å². The average Bonchev–Trinajstić information content (AvgIpc) is 3.05. The first-order valence-corrected chi connectivity index (χ1v) is 16.0. The Balaban J connectivity index is 1.16. The third-order valence-electron chi connectivity index (χ3n) is 7.39. The van der Waals surface area contributed by atoms with Gasteiger partial charge in [0.25, 0.3) is 5.69 Å². The summed E-state index contributed by atoms with van der Waals surface area (Å²) in [6, 6.07) is 32.5. The maximum atomic E-state index is 13.5. The number of sulfonamides is 1. The molecule has 0 spiro atoms. The zero-order valence-corrected chi connectivity index (χ0v) is 25.8. The van der Waals surface area contributed by atoms with Crippen LogP contribution in [-0.4, -0.2) is 59.7 Å². The van der Waals surface area contributed by atoms with Crippen molar-refractivity contribution in [3.05, 3.63) is 142 Å². The highest BCUT2D eigenvalue weighted by molar-refractivity contribution is 7.89. The highest BCUT2D eigenvalue weighted by Gasteiger charge is 2.32. The molecule has 1 fully saturated rings. The van der Waals surface area contributed by atoms with Gasteiger partial charge in [-0.25, -0.2) is 8.42 Å².